The first-order chi connectivity index (χ1) is 51.1. The molecule has 0 aliphatic carbocycles. The molecule has 4 aromatic rings. The van der Waals surface area contributed by atoms with Crippen molar-refractivity contribution in [2.75, 3.05) is 39.3 Å². The largest absolute Gasteiger partial charge is 0.384 e. The molecule has 0 radical (unpaired) electrons. The molecule has 0 aromatic heterocycles. The Morgan fingerprint density at radius 1 is 0.421 bits per heavy atom. The third kappa shape index (κ3) is 32.9. The number of amides is 10. The quantitative estimate of drug-likeness (QED) is 0.0137. The van der Waals surface area contributed by atoms with Crippen molar-refractivity contribution >= 4 is 105 Å². The smallest absolute Gasteiger partial charge is 0.243 e. The molecule has 37 heteroatoms. The lowest BCUT2D eigenvalue weighted by molar-refractivity contribution is -0.136. The normalized spacial score (nSPS) is 19.3. The number of guanidine groups is 5. The lowest BCUT2D eigenvalue weighted by atomic mass is 9.99. The van der Waals surface area contributed by atoms with E-state index in [-0.39, 0.29) is 166 Å². The Kier molecular flexibility index (Phi) is 36.4. The van der Waals surface area contributed by atoms with E-state index in [1.54, 1.807) is 60.7 Å². The van der Waals surface area contributed by atoms with Crippen molar-refractivity contribution in [3.63, 3.8) is 0 Å². The van der Waals surface area contributed by atoms with Crippen LogP contribution in [0.1, 0.15) is 119 Å². The molecule has 107 heavy (non-hydrogen) atoms. The van der Waals surface area contributed by atoms with Crippen LogP contribution in [0.4, 0.5) is 0 Å². The summed E-state index contributed by atoms with van der Waals surface area (Å²) in [6.45, 7) is 0.203. The highest BCUT2D eigenvalue weighted by Crippen LogP contribution is 2.19. The Morgan fingerprint density at radius 2 is 0.832 bits per heavy atom. The van der Waals surface area contributed by atoms with Gasteiger partial charge in [-0.3, -0.25) is 80.4 Å². The topological polar surface area (TPSA) is 650 Å². The van der Waals surface area contributed by atoms with E-state index in [1.807, 2.05) is 36.4 Å². The zero-order chi connectivity index (χ0) is 78.2. The maximum absolute atomic E-state index is 15.1. The van der Waals surface area contributed by atoms with Crippen LogP contribution in [-0.4, -0.2) is 182 Å². The molecular weight excluding hydrogens is 1380 g/mol. The first-order valence-electron chi connectivity index (χ1n) is 35.4. The third-order valence-electron chi connectivity index (χ3n) is 17.1. The van der Waals surface area contributed by atoms with Gasteiger partial charge in [-0.05, 0) is 111 Å². The maximum atomic E-state index is 15.1. The van der Waals surface area contributed by atoms with E-state index < -0.39 is 132 Å². The summed E-state index contributed by atoms with van der Waals surface area (Å²) < 4.78 is 0. The van der Waals surface area contributed by atoms with Gasteiger partial charge in [0, 0.05) is 77.1 Å². The molecule has 580 valence electrons. The molecule has 1 aliphatic rings. The summed E-state index contributed by atoms with van der Waals surface area (Å²) in [4.78, 5) is 146. The summed E-state index contributed by atoms with van der Waals surface area (Å²) in [7, 11) is 0. The molecule has 1 fully saturated rings. The molecule has 5 rings (SSSR count). The molecule has 0 unspecified atom stereocenters. The number of carbonyl (C=O) groups excluding carboxylic acids is 10. The molecule has 0 spiro atoms. The number of benzene rings is 4. The number of nitrogen functional groups attached to an aromatic ring is 1. The summed E-state index contributed by atoms with van der Waals surface area (Å²) in [6.07, 6.45) is -1.01. The van der Waals surface area contributed by atoms with E-state index in [0.29, 0.717) is 22.3 Å². The lowest BCUT2D eigenvalue weighted by Crippen LogP contribution is -2.60. The molecule has 0 bridgehead atoms. The van der Waals surface area contributed by atoms with Crippen molar-refractivity contribution in [2.24, 2.45) is 34.4 Å². The van der Waals surface area contributed by atoms with Gasteiger partial charge in [0.1, 0.15) is 54.2 Å². The summed E-state index contributed by atoms with van der Waals surface area (Å²) in [5, 5.41) is 89.0. The van der Waals surface area contributed by atoms with E-state index in [0.717, 1.165) is 10.8 Å². The van der Waals surface area contributed by atoms with E-state index in [9.17, 15) is 33.6 Å². The van der Waals surface area contributed by atoms with Crippen LogP contribution < -0.4 is 114 Å². The predicted octanol–water partition coefficient (Wildman–Crippen LogP) is -3.50. The average molecular weight is 1480 g/mol. The monoisotopic (exact) mass is 1480 g/mol. The highest BCUT2D eigenvalue weighted by molar-refractivity contribution is 5.99. The second kappa shape index (κ2) is 45.7. The van der Waals surface area contributed by atoms with Crippen LogP contribution in [0.15, 0.2) is 97.1 Å². The zero-order valence-electron chi connectivity index (χ0n) is 59.9. The van der Waals surface area contributed by atoms with Crippen LogP contribution >= 0.6 is 0 Å². The van der Waals surface area contributed by atoms with Gasteiger partial charge in [0.05, 0.1) is 0 Å². The fourth-order valence-electron chi connectivity index (χ4n) is 11.4. The Labute approximate surface area is 620 Å². The summed E-state index contributed by atoms with van der Waals surface area (Å²) >= 11 is 0. The Hall–Kier alpha value is -12.3. The highest BCUT2D eigenvalue weighted by Gasteiger charge is 2.36. The lowest BCUT2D eigenvalue weighted by Gasteiger charge is -2.28. The van der Waals surface area contributed by atoms with Gasteiger partial charge in [-0.2, -0.15) is 0 Å². The minimum Gasteiger partial charge on any atom is -0.384 e. The zero-order valence-corrected chi connectivity index (χ0v) is 59.9. The van der Waals surface area contributed by atoms with Crippen LogP contribution in [0.25, 0.3) is 10.8 Å². The van der Waals surface area contributed by atoms with Crippen molar-refractivity contribution in [1.82, 2.24) is 79.8 Å². The minimum atomic E-state index is -1.53. The van der Waals surface area contributed by atoms with Crippen molar-refractivity contribution in [2.45, 2.75) is 164 Å². The number of amidine groups is 1. The van der Waals surface area contributed by atoms with Crippen LogP contribution in [0.2, 0.25) is 0 Å². The summed E-state index contributed by atoms with van der Waals surface area (Å²) in [5.41, 5.74) is 35.9. The fourth-order valence-corrected chi connectivity index (χ4v) is 11.4. The maximum Gasteiger partial charge on any atom is 0.243 e. The van der Waals surface area contributed by atoms with Crippen molar-refractivity contribution < 1.29 is 47.9 Å². The minimum absolute atomic E-state index is 0.00622. The molecule has 8 atom stereocenters. The molecule has 4 aromatic carbocycles. The van der Waals surface area contributed by atoms with E-state index in [4.69, 9.17) is 66.9 Å². The fraction of sp³-hybridized carbons (Fsp3) is 0.457. The van der Waals surface area contributed by atoms with Crippen LogP contribution in [0, 0.1) is 32.5 Å². The molecule has 1 saturated heterocycles. The van der Waals surface area contributed by atoms with Gasteiger partial charge < -0.3 is 114 Å². The second-order valence-corrected chi connectivity index (χ2v) is 25.7. The number of rotatable bonds is 30. The first-order valence-corrected chi connectivity index (χ1v) is 35.4. The van der Waals surface area contributed by atoms with Gasteiger partial charge in [-0.1, -0.05) is 97.1 Å². The van der Waals surface area contributed by atoms with Gasteiger partial charge >= 0.3 is 0 Å². The average Bonchev–Trinajstić information content (AvgIpc) is 0.848. The standard InChI is InChI=1S/C70H105N27O10/c71-57(72)45-27-23-42(24-28-45)40-89-58(100)47(18-8-32-84-66(73)74)91-59(101)48-17-6-7-31-83-55(98)29-30-56(99)90-53(38-41-13-2-1-3-14-41)64(106)97-54(39-43-25-26-44-15-4-5-16-46(44)37-43)65(107)96-52(22-12-36-88-70(81)82)63(105)95-51(21-11-35-87-69(79)80)62(104)94-50(20-10-34-86-68(77)78)61(103)93-49(60(102)92-48)19-9-33-85-67(75)76/h1-5,13-16,23-28,37,47-54H,6-12,17-22,29-36,38-40H2,(H3,71,72)(H,83,98)(H,89,100)(H,90,99)(H,91,101)(H,92,102)(H,93,103)(H,94,104)(H,95,105)(H,96,107)(H,97,106)(H4,73,74,84)(H4,75,76,85)(H4,77,78,86)(H4,79,80,87)(H4,81,82,88)/t47-,48-,49-,50-,51-,52-,53-,54-/m0/s1. The van der Waals surface area contributed by atoms with Gasteiger partial charge in [-0.25, -0.2) is 0 Å². The van der Waals surface area contributed by atoms with Crippen molar-refractivity contribution in [3.05, 3.63) is 119 Å². The summed E-state index contributed by atoms with van der Waals surface area (Å²) in [6, 6.07) is 16.6. The van der Waals surface area contributed by atoms with Crippen LogP contribution in [0.5, 0.6) is 0 Å². The van der Waals surface area contributed by atoms with Gasteiger partial charge in [0.25, 0.3) is 0 Å². The number of nitrogens with one attached hydrogen (secondary N) is 21. The third-order valence-corrected chi connectivity index (χ3v) is 17.1. The van der Waals surface area contributed by atoms with Crippen LogP contribution in [-0.2, 0) is 67.3 Å². The van der Waals surface area contributed by atoms with Crippen molar-refractivity contribution in [3.8, 4) is 0 Å². The van der Waals surface area contributed by atoms with E-state index in [1.165, 1.54) is 0 Å². The number of hydrogen-bond acceptors (Lipinski definition) is 16. The van der Waals surface area contributed by atoms with Crippen LogP contribution in [0.3, 0.4) is 0 Å². The first kappa shape index (κ1) is 85.3. The number of carbonyl (C=O) groups is 10. The molecule has 1 heterocycles. The SMILES string of the molecule is N=C(N)NCCC[C@H](NC(=O)[C@@H]1CCCCNC(=O)CCC(=O)N[C@@H](Cc2ccccc2)C(=O)N[C@@H](Cc2ccc3ccccc3c2)C(=O)N[C@@H](CCCNC(=N)N)C(=O)N[C@@H](CCCNC(=N)N)C(=O)N[C@@H](CCCNC(=N)N)C(=O)N[C@@H](CCCNC(=N)N)C(=O)N1)C(=O)NCc1ccc(C(=N)N)cc1. The Bertz CT molecular complexity index is 3730. The number of fused-ring (bicyclic) bond motifs is 1. The van der Waals surface area contributed by atoms with Gasteiger partial charge in [0.2, 0.25) is 59.1 Å². The number of nitrogens with two attached hydrogens (primary N) is 6. The molecule has 33 N–H and O–H groups in total. The molecule has 1 aliphatic heterocycles. The molecule has 0 saturated carbocycles. The highest BCUT2D eigenvalue weighted by atomic mass is 16.2. The van der Waals surface area contributed by atoms with E-state index in [2.05, 4.69) is 79.8 Å². The Morgan fingerprint density at radius 3 is 1.32 bits per heavy atom. The van der Waals surface area contributed by atoms with E-state index >= 15 is 14.4 Å². The molecular formula is C70H105N27O10. The van der Waals surface area contributed by atoms with Gasteiger partial charge in [-0.15, -0.1) is 0 Å². The molecule has 37 nitrogen and oxygen atoms in total. The Balaban J connectivity index is 1.60. The number of hydrogen-bond donors (Lipinski definition) is 27. The van der Waals surface area contributed by atoms with Gasteiger partial charge in [0.15, 0.2) is 29.8 Å². The molecule has 10 amide bonds. The predicted molar refractivity (Wildman–Crippen MR) is 404 cm³/mol. The second-order valence-electron chi connectivity index (χ2n) is 25.7. The van der Waals surface area contributed by atoms with Crippen molar-refractivity contribution in [1.29, 1.82) is 32.5 Å². The summed E-state index contributed by atoms with van der Waals surface area (Å²) in [5.74, 6) is -10.2.